The molecule has 5 nitrogen and oxygen atoms in total. The van der Waals surface area contributed by atoms with Gasteiger partial charge in [0, 0.05) is 25.5 Å². The summed E-state index contributed by atoms with van der Waals surface area (Å²) < 4.78 is 5.53. The number of aryl methyl sites for hydroxylation is 1. The van der Waals surface area contributed by atoms with Gasteiger partial charge in [0.2, 0.25) is 5.95 Å². The highest BCUT2D eigenvalue weighted by Gasteiger charge is 2.20. The topological polar surface area (TPSA) is 70.8 Å². The van der Waals surface area contributed by atoms with Crippen LogP contribution in [0.15, 0.2) is 6.07 Å². The van der Waals surface area contributed by atoms with Gasteiger partial charge < -0.3 is 10.1 Å². The van der Waals surface area contributed by atoms with Crippen molar-refractivity contribution in [2.24, 2.45) is 5.92 Å². The molecule has 1 heterocycles. The van der Waals surface area contributed by atoms with Crippen molar-refractivity contribution < 1.29 is 4.74 Å². The molecular formula is C13H18N4O. The van der Waals surface area contributed by atoms with Gasteiger partial charge in [-0.05, 0) is 38.2 Å². The number of nitriles is 1. The second-order valence-electron chi connectivity index (χ2n) is 4.63. The Morgan fingerprint density at radius 3 is 3.06 bits per heavy atom. The van der Waals surface area contributed by atoms with E-state index in [1.54, 1.807) is 6.07 Å². The van der Waals surface area contributed by atoms with Gasteiger partial charge in [-0.15, -0.1) is 0 Å². The van der Waals surface area contributed by atoms with E-state index in [1.807, 2.05) is 13.0 Å². The summed E-state index contributed by atoms with van der Waals surface area (Å²) in [6.45, 7) is 4.28. The minimum absolute atomic E-state index is 0.398. The Kier molecular flexibility index (Phi) is 4.48. The van der Waals surface area contributed by atoms with Crippen LogP contribution in [0, 0.1) is 24.2 Å². The third kappa shape index (κ3) is 4.30. The number of rotatable bonds is 7. The van der Waals surface area contributed by atoms with Gasteiger partial charge in [-0.1, -0.05) is 0 Å². The lowest BCUT2D eigenvalue weighted by Gasteiger charge is -2.06. The molecule has 1 aliphatic carbocycles. The summed E-state index contributed by atoms with van der Waals surface area (Å²) in [6, 6.07) is 3.69. The molecule has 1 aromatic heterocycles. The first kappa shape index (κ1) is 12.8. The van der Waals surface area contributed by atoms with Crippen molar-refractivity contribution in [3.63, 3.8) is 0 Å². The molecule has 0 unspecified atom stereocenters. The maximum absolute atomic E-state index is 8.80. The Labute approximate surface area is 107 Å². The molecule has 96 valence electrons. The highest BCUT2D eigenvalue weighted by molar-refractivity contribution is 5.32. The zero-order chi connectivity index (χ0) is 12.8. The van der Waals surface area contributed by atoms with Crippen LogP contribution >= 0.6 is 0 Å². The molecule has 1 aliphatic rings. The highest BCUT2D eigenvalue weighted by atomic mass is 16.5. The number of nitrogens with zero attached hydrogens (tertiary/aromatic N) is 3. The fourth-order valence-electron chi connectivity index (χ4n) is 1.61. The molecule has 1 N–H and O–H groups in total. The summed E-state index contributed by atoms with van der Waals surface area (Å²) in [5.41, 5.74) is 1.20. The van der Waals surface area contributed by atoms with Crippen LogP contribution in [-0.4, -0.2) is 29.7 Å². The van der Waals surface area contributed by atoms with Crippen LogP contribution in [0.5, 0.6) is 0 Å². The number of hydrogen-bond acceptors (Lipinski definition) is 5. The number of aromatic nitrogens is 2. The zero-order valence-electron chi connectivity index (χ0n) is 10.6. The van der Waals surface area contributed by atoms with Gasteiger partial charge in [-0.3, -0.25) is 0 Å². The van der Waals surface area contributed by atoms with Gasteiger partial charge in [-0.2, -0.15) is 5.26 Å². The summed E-state index contributed by atoms with van der Waals surface area (Å²) in [5, 5.41) is 11.9. The third-order valence-corrected chi connectivity index (χ3v) is 2.77. The van der Waals surface area contributed by atoms with Gasteiger partial charge in [0.1, 0.15) is 11.8 Å². The predicted molar refractivity (Wildman–Crippen MR) is 68.1 cm³/mol. The first-order chi connectivity index (χ1) is 8.78. The molecule has 0 aromatic carbocycles. The fourth-order valence-corrected chi connectivity index (χ4v) is 1.61. The highest BCUT2D eigenvalue weighted by Crippen LogP contribution is 2.28. The van der Waals surface area contributed by atoms with E-state index in [-0.39, 0.29) is 0 Å². The Balaban J connectivity index is 1.65. The zero-order valence-corrected chi connectivity index (χ0v) is 10.6. The second kappa shape index (κ2) is 6.31. The smallest absolute Gasteiger partial charge is 0.224 e. The molecule has 0 spiro atoms. The minimum atomic E-state index is 0.398. The van der Waals surface area contributed by atoms with Crippen LogP contribution in [0.2, 0.25) is 0 Å². The van der Waals surface area contributed by atoms with Crippen molar-refractivity contribution in [2.75, 3.05) is 25.1 Å². The monoisotopic (exact) mass is 246 g/mol. The summed E-state index contributed by atoms with van der Waals surface area (Å²) in [7, 11) is 0. The van der Waals surface area contributed by atoms with Crippen molar-refractivity contribution in [1.82, 2.24) is 9.97 Å². The Hall–Kier alpha value is -1.67. The molecule has 1 fully saturated rings. The number of nitrogens with one attached hydrogen (secondary N) is 1. The van der Waals surface area contributed by atoms with E-state index in [9.17, 15) is 0 Å². The van der Waals surface area contributed by atoms with E-state index in [2.05, 4.69) is 15.3 Å². The number of ether oxygens (including phenoxy) is 1. The average Bonchev–Trinajstić information content (AvgIpc) is 3.17. The molecule has 0 bridgehead atoms. The minimum Gasteiger partial charge on any atom is -0.381 e. The van der Waals surface area contributed by atoms with Crippen molar-refractivity contribution in [3.05, 3.63) is 17.5 Å². The molecule has 0 saturated heterocycles. The van der Waals surface area contributed by atoms with Gasteiger partial charge in [0.15, 0.2) is 0 Å². The molecule has 0 aliphatic heterocycles. The van der Waals surface area contributed by atoms with E-state index in [4.69, 9.17) is 10.00 Å². The molecule has 1 saturated carbocycles. The molecule has 0 amide bonds. The molecule has 18 heavy (non-hydrogen) atoms. The van der Waals surface area contributed by atoms with E-state index in [0.717, 1.165) is 37.8 Å². The maximum Gasteiger partial charge on any atom is 0.224 e. The molecule has 0 radical (unpaired) electrons. The van der Waals surface area contributed by atoms with Crippen LogP contribution < -0.4 is 5.32 Å². The SMILES string of the molecule is Cc1cc(C#N)nc(NCCCOCC2CC2)n1. The van der Waals surface area contributed by atoms with Crippen LogP contribution in [-0.2, 0) is 4.74 Å². The summed E-state index contributed by atoms with van der Waals surface area (Å²) in [6.07, 6.45) is 3.57. The molecular weight excluding hydrogens is 228 g/mol. The van der Waals surface area contributed by atoms with Gasteiger partial charge in [0.05, 0.1) is 0 Å². The van der Waals surface area contributed by atoms with Crippen LogP contribution in [0.4, 0.5) is 5.95 Å². The van der Waals surface area contributed by atoms with E-state index >= 15 is 0 Å². The molecule has 1 aromatic rings. The predicted octanol–water partition coefficient (Wildman–Crippen LogP) is 1.89. The van der Waals surface area contributed by atoms with E-state index in [0.29, 0.717) is 11.6 Å². The van der Waals surface area contributed by atoms with Crippen LogP contribution in [0.1, 0.15) is 30.7 Å². The van der Waals surface area contributed by atoms with Crippen molar-refractivity contribution in [3.8, 4) is 6.07 Å². The Morgan fingerprint density at radius 2 is 2.33 bits per heavy atom. The Bertz CT molecular complexity index is 437. The van der Waals surface area contributed by atoms with Crippen molar-refractivity contribution in [1.29, 1.82) is 5.26 Å². The third-order valence-electron chi connectivity index (χ3n) is 2.77. The molecule has 5 heteroatoms. The molecule has 0 atom stereocenters. The summed E-state index contributed by atoms with van der Waals surface area (Å²) in [4.78, 5) is 8.31. The van der Waals surface area contributed by atoms with Crippen LogP contribution in [0.25, 0.3) is 0 Å². The van der Waals surface area contributed by atoms with Crippen LogP contribution in [0.3, 0.4) is 0 Å². The largest absolute Gasteiger partial charge is 0.381 e. The average molecular weight is 246 g/mol. The number of anilines is 1. The summed E-state index contributed by atoms with van der Waals surface area (Å²) >= 11 is 0. The normalized spacial score (nSPS) is 14.2. The standard InChI is InChI=1S/C13H18N4O/c1-10-7-12(8-14)17-13(16-10)15-5-2-6-18-9-11-3-4-11/h7,11H,2-6,9H2,1H3,(H,15,16,17). The van der Waals surface area contributed by atoms with E-state index in [1.165, 1.54) is 12.8 Å². The maximum atomic E-state index is 8.80. The lowest BCUT2D eigenvalue weighted by molar-refractivity contribution is 0.124. The van der Waals surface area contributed by atoms with Crippen molar-refractivity contribution >= 4 is 5.95 Å². The Morgan fingerprint density at radius 1 is 1.50 bits per heavy atom. The quantitative estimate of drug-likeness (QED) is 0.744. The lowest BCUT2D eigenvalue weighted by atomic mass is 10.3. The van der Waals surface area contributed by atoms with Crippen molar-refractivity contribution in [2.45, 2.75) is 26.2 Å². The fraction of sp³-hybridized carbons (Fsp3) is 0.615. The van der Waals surface area contributed by atoms with Gasteiger partial charge in [0.25, 0.3) is 0 Å². The van der Waals surface area contributed by atoms with Gasteiger partial charge in [-0.25, -0.2) is 9.97 Å². The number of hydrogen-bond donors (Lipinski definition) is 1. The van der Waals surface area contributed by atoms with E-state index < -0.39 is 0 Å². The molecule has 2 rings (SSSR count). The first-order valence-corrected chi connectivity index (χ1v) is 6.35. The lowest BCUT2D eigenvalue weighted by Crippen LogP contribution is -2.10. The summed E-state index contributed by atoms with van der Waals surface area (Å²) in [5.74, 6) is 1.34. The van der Waals surface area contributed by atoms with Gasteiger partial charge >= 0.3 is 0 Å². The first-order valence-electron chi connectivity index (χ1n) is 6.35. The second-order valence-corrected chi connectivity index (χ2v) is 4.63.